The van der Waals surface area contributed by atoms with Crippen molar-refractivity contribution in [3.8, 4) is 0 Å². The first-order valence-corrected chi connectivity index (χ1v) is 7.35. The molecule has 3 nitrogen and oxygen atoms in total. The minimum absolute atomic E-state index is 0.105. The number of nitrogens with zero attached hydrogens (tertiary/aromatic N) is 1. The van der Waals surface area contributed by atoms with Crippen LogP contribution in [-0.4, -0.2) is 22.8 Å². The van der Waals surface area contributed by atoms with E-state index in [1.165, 1.54) is 22.6 Å². The molecule has 0 bridgehead atoms. The van der Waals surface area contributed by atoms with Crippen LogP contribution < -0.4 is 0 Å². The molecule has 3 heteroatoms. The number of hydrogen-bond donors (Lipinski definition) is 0. The number of benzene rings is 1. The second-order valence-electron chi connectivity index (χ2n) is 5.66. The second-order valence-corrected chi connectivity index (χ2v) is 5.66. The molecule has 3 rings (SSSR count). The first kappa shape index (κ1) is 13.1. The molecule has 1 aromatic carbocycles. The maximum absolute atomic E-state index is 11.8. The summed E-state index contributed by atoms with van der Waals surface area (Å²) in [5, 5.41) is 0. The molecular weight excluding hydrogens is 250 g/mol. The number of imide groups is 1. The fraction of sp³-hybridized carbons (Fsp3) is 0.412. The standard InChI is InChI=1S/C17H19NO2/c19-16-11-12-17(20)18(16)15-8-4-7-14(15)10-9-13-5-2-1-3-6-13/h1-3,5-6,11-12,14-15H,4,7-10H2. The summed E-state index contributed by atoms with van der Waals surface area (Å²) in [6.07, 6.45) is 8.05. The summed E-state index contributed by atoms with van der Waals surface area (Å²) in [6.45, 7) is 0. The summed E-state index contributed by atoms with van der Waals surface area (Å²) >= 11 is 0. The van der Waals surface area contributed by atoms with Crippen molar-refractivity contribution in [1.29, 1.82) is 0 Å². The van der Waals surface area contributed by atoms with Gasteiger partial charge in [-0.25, -0.2) is 0 Å². The molecular formula is C17H19NO2. The Hall–Kier alpha value is -1.90. The average Bonchev–Trinajstić information content (AvgIpc) is 3.04. The Morgan fingerprint density at radius 3 is 2.40 bits per heavy atom. The van der Waals surface area contributed by atoms with Gasteiger partial charge in [0.05, 0.1) is 0 Å². The van der Waals surface area contributed by atoms with Gasteiger partial charge in [0.2, 0.25) is 0 Å². The average molecular weight is 269 g/mol. The van der Waals surface area contributed by atoms with Crippen LogP contribution in [0.5, 0.6) is 0 Å². The molecule has 0 radical (unpaired) electrons. The quantitative estimate of drug-likeness (QED) is 0.788. The molecule has 1 aromatic rings. The molecule has 1 saturated carbocycles. The third-order valence-corrected chi connectivity index (χ3v) is 4.44. The lowest BCUT2D eigenvalue weighted by molar-refractivity contribution is -0.140. The van der Waals surface area contributed by atoms with Gasteiger partial charge >= 0.3 is 0 Å². The molecule has 1 aliphatic carbocycles. The van der Waals surface area contributed by atoms with Crippen LogP contribution in [0.2, 0.25) is 0 Å². The van der Waals surface area contributed by atoms with E-state index in [2.05, 4.69) is 24.3 Å². The van der Waals surface area contributed by atoms with Gasteiger partial charge in [-0.05, 0) is 37.2 Å². The largest absolute Gasteiger partial charge is 0.272 e. The van der Waals surface area contributed by atoms with E-state index in [0.29, 0.717) is 5.92 Å². The predicted octanol–water partition coefficient (Wildman–Crippen LogP) is 2.71. The fourth-order valence-corrected chi connectivity index (χ4v) is 3.43. The van der Waals surface area contributed by atoms with Crippen molar-refractivity contribution in [2.45, 2.75) is 38.1 Å². The SMILES string of the molecule is O=C1C=CC(=O)N1C1CCCC1CCc1ccccc1. The molecule has 2 aliphatic rings. The Bertz CT molecular complexity index is 517. The summed E-state index contributed by atoms with van der Waals surface area (Å²) in [7, 11) is 0. The highest BCUT2D eigenvalue weighted by Crippen LogP contribution is 2.34. The minimum Gasteiger partial charge on any atom is -0.272 e. The third-order valence-electron chi connectivity index (χ3n) is 4.44. The Labute approximate surface area is 119 Å². The van der Waals surface area contributed by atoms with Crippen molar-refractivity contribution in [2.75, 3.05) is 0 Å². The van der Waals surface area contributed by atoms with E-state index < -0.39 is 0 Å². The molecule has 0 spiro atoms. The van der Waals surface area contributed by atoms with E-state index in [9.17, 15) is 9.59 Å². The Morgan fingerprint density at radius 2 is 1.70 bits per heavy atom. The highest BCUT2D eigenvalue weighted by molar-refractivity contribution is 6.13. The highest BCUT2D eigenvalue weighted by Gasteiger charge is 2.38. The van der Waals surface area contributed by atoms with Gasteiger partial charge in [0.25, 0.3) is 11.8 Å². The van der Waals surface area contributed by atoms with Crippen LogP contribution in [0.15, 0.2) is 42.5 Å². The van der Waals surface area contributed by atoms with E-state index in [-0.39, 0.29) is 17.9 Å². The molecule has 1 heterocycles. The van der Waals surface area contributed by atoms with Crippen LogP contribution in [0.3, 0.4) is 0 Å². The number of aryl methyl sites for hydroxylation is 1. The van der Waals surface area contributed by atoms with Gasteiger partial charge in [-0.3, -0.25) is 14.5 Å². The van der Waals surface area contributed by atoms with Crippen LogP contribution >= 0.6 is 0 Å². The normalized spacial score (nSPS) is 25.7. The molecule has 1 aliphatic heterocycles. The van der Waals surface area contributed by atoms with Crippen LogP contribution in [0, 0.1) is 5.92 Å². The molecule has 1 fully saturated rings. The molecule has 0 saturated heterocycles. The first-order chi connectivity index (χ1) is 9.75. The molecule has 0 aromatic heterocycles. The molecule has 0 N–H and O–H groups in total. The minimum atomic E-state index is -0.133. The highest BCUT2D eigenvalue weighted by atomic mass is 16.2. The monoisotopic (exact) mass is 269 g/mol. The predicted molar refractivity (Wildman–Crippen MR) is 76.9 cm³/mol. The van der Waals surface area contributed by atoms with E-state index in [0.717, 1.165) is 32.1 Å². The van der Waals surface area contributed by atoms with Crippen LogP contribution in [0.4, 0.5) is 0 Å². The Morgan fingerprint density at radius 1 is 1.00 bits per heavy atom. The maximum Gasteiger partial charge on any atom is 0.253 e. The van der Waals surface area contributed by atoms with E-state index in [1.807, 2.05) is 6.07 Å². The smallest absolute Gasteiger partial charge is 0.253 e. The molecule has 20 heavy (non-hydrogen) atoms. The number of hydrogen-bond acceptors (Lipinski definition) is 2. The van der Waals surface area contributed by atoms with Crippen LogP contribution in [0.1, 0.15) is 31.2 Å². The van der Waals surface area contributed by atoms with Gasteiger partial charge in [-0.15, -0.1) is 0 Å². The van der Waals surface area contributed by atoms with Crippen molar-refractivity contribution in [1.82, 2.24) is 4.90 Å². The summed E-state index contributed by atoms with van der Waals surface area (Å²) in [5.74, 6) is 0.182. The fourth-order valence-electron chi connectivity index (χ4n) is 3.43. The van der Waals surface area contributed by atoms with E-state index in [4.69, 9.17) is 0 Å². The summed E-state index contributed by atoms with van der Waals surface area (Å²) < 4.78 is 0. The zero-order valence-electron chi connectivity index (χ0n) is 11.5. The summed E-state index contributed by atoms with van der Waals surface area (Å²) in [6, 6.07) is 10.5. The zero-order chi connectivity index (χ0) is 13.9. The lowest BCUT2D eigenvalue weighted by Crippen LogP contribution is -2.42. The van der Waals surface area contributed by atoms with Gasteiger partial charge in [-0.1, -0.05) is 36.8 Å². The van der Waals surface area contributed by atoms with Gasteiger partial charge in [-0.2, -0.15) is 0 Å². The molecule has 2 amide bonds. The maximum atomic E-state index is 11.8. The number of carbonyl (C=O) groups is 2. The lowest BCUT2D eigenvalue weighted by Gasteiger charge is -2.27. The van der Waals surface area contributed by atoms with Crippen molar-refractivity contribution in [3.05, 3.63) is 48.0 Å². The van der Waals surface area contributed by atoms with E-state index >= 15 is 0 Å². The molecule has 104 valence electrons. The molecule has 2 atom stereocenters. The van der Waals surface area contributed by atoms with Gasteiger partial charge < -0.3 is 0 Å². The van der Waals surface area contributed by atoms with Crippen molar-refractivity contribution in [3.63, 3.8) is 0 Å². The Balaban J connectivity index is 1.64. The third kappa shape index (κ3) is 2.53. The first-order valence-electron chi connectivity index (χ1n) is 7.35. The summed E-state index contributed by atoms with van der Waals surface area (Å²) in [4.78, 5) is 25.1. The van der Waals surface area contributed by atoms with Crippen molar-refractivity contribution < 1.29 is 9.59 Å². The Kier molecular flexibility index (Phi) is 3.68. The van der Waals surface area contributed by atoms with Crippen LogP contribution in [-0.2, 0) is 16.0 Å². The summed E-state index contributed by atoms with van der Waals surface area (Å²) in [5.41, 5.74) is 1.33. The van der Waals surface area contributed by atoms with Gasteiger partial charge in [0.1, 0.15) is 0 Å². The van der Waals surface area contributed by atoms with Crippen molar-refractivity contribution >= 4 is 11.8 Å². The molecule has 2 unspecified atom stereocenters. The number of amides is 2. The zero-order valence-corrected chi connectivity index (χ0v) is 11.5. The van der Waals surface area contributed by atoms with Gasteiger partial charge in [0.15, 0.2) is 0 Å². The number of rotatable bonds is 4. The van der Waals surface area contributed by atoms with Crippen molar-refractivity contribution in [2.24, 2.45) is 5.92 Å². The van der Waals surface area contributed by atoms with Crippen LogP contribution in [0.25, 0.3) is 0 Å². The number of carbonyl (C=O) groups excluding carboxylic acids is 2. The second kappa shape index (κ2) is 5.61. The van der Waals surface area contributed by atoms with E-state index in [1.54, 1.807) is 0 Å². The van der Waals surface area contributed by atoms with Gasteiger partial charge in [0, 0.05) is 18.2 Å². The topological polar surface area (TPSA) is 37.4 Å². The lowest BCUT2D eigenvalue weighted by atomic mass is 9.94.